The van der Waals surface area contributed by atoms with Gasteiger partial charge in [-0.25, -0.2) is 0 Å². The van der Waals surface area contributed by atoms with Gasteiger partial charge in [-0.15, -0.1) is 0 Å². The standard InChI is InChI=1S/C49H39N/c1-3-11-35(12-4-1)36-20-26-41(27-21-36)50(48-18-10-8-15-43(48)38-13-5-2-6-14-38)42-28-22-37(23-29-42)39-24-30-45-44-16-7-9-17-46(44)49(47(45)32-39)33-34-19-25-40(49)31-34/h1-18,20-24,26-30,32,34,40H,19,25,31,33H2. The summed E-state index contributed by atoms with van der Waals surface area (Å²) >= 11 is 0. The van der Waals surface area contributed by atoms with Crippen LogP contribution in [0.3, 0.4) is 0 Å². The van der Waals surface area contributed by atoms with Crippen molar-refractivity contribution >= 4 is 17.1 Å². The SMILES string of the molecule is c1ccc(-c2ccc(N(c3ccc(-c4ccc5c(c4)C4(CC6CCC4C6)c4ccccc4-5)cc3)c3ccccc3-c3ccccc3)cc2)cc1. The lowest BCUT2D eigenvalue weighted by Gasteiger charge is -2.36. The van der Waals surface area contributed by atoms with Crippen LogP contribution in [0.2, 0.25) is 0 Å². The van der Waals surface area contributed by atoms with Crippen molar-refractivity contribution in [2.45, 2.75) is 31.1 Å². The number of para-hydroxylation sites is 1. The van der Waals surface area contributed by atoms with Crippen LogP contribution in [0.1, 0.15) is 36.8 Å². The van der Waals surface area contributed by atoms with E-state index in [2.05, 4.69) is 181 Å². The Morgan fingerprint density at radius 2 is 0.960 bits per heavy atom. The molecular weight excluding hydrogens is 603 g/mol. The predicted octanol–water partition coefficient (Wildman–Crippen LogP) is 13.2. The topological polar surface area (TPSA) is 3.24 Å². The van der Waals surface area contributed by atoms with Crippen molar-refractivity contribution in [3.05, 3.63) is 187 Å². The van der Waals surface area contributed by atoms with Gasteiger partial charge in [0.25, 0.3) is 0 Å². The lowest BCUT2D eigenvalue weighted by Crippen LogP contribution is -2.31. The molecule has 0 radical (unpaired) electrons. The number of nitrogens with zero attached hydrogens (tertiary/aromatic N) is 1. The Bertz CT molecular complexity index is 2320. The van der Waals surface area contributed by atoms with Gasteiger partial charge in [-0.2, -0.15) is 0 Å². The van der Waals surface area contributed by atoms with E-state index in [1.807, 2.05) is 0 Å². The van der Waals surface area contributed by atoms with Crippen LogP contribution in [0, 0.1) is 11.8 Å². The zero-order valence-electron chi connectivity index (χ0n) is 28.2. The molecule has 2 saturated carbocycles. The largest absolute Gasteiger partial charge is 0.310 e. The van der Waals surface area contributed by atoms with Gasteiger partial charge < -0.3 is 4.90 Å². The van der Waals surface area contributed by atoms with Crippen LogP contribution in [0.5, 0.6) is 0 Å². The van der Waals surface area contributed by atoms with Gasteiger partial charge in [-0.3, -0.25) is 0 Å². The summed E-state index contributed by atoms with van der Waals surface area (Å²) in [5.74, 6) is 1.63. The number of hydrogen-bond donors (Lipinski definition) is 0. The van der Waals surface area contributed by atoms with Gasteiger partial charge in [0.15, 0.2) is 0 Å². The Labute approximate surface area is 295 Å². The smallest absolute Gasteiger partial charge is 0.0540 e. The Hall–Kier alpha value is -5.66. The summed E-state index contributed by atoms with van der Waals surface area (Å²) in [6, 6.07) is 64.9. The van der Waals surface area contributed by atoms with Crippen LogP contribution in [0.25, 0.3) is 44.5 Å². The molecule has 50 heavy (non-hydrogen) atoms. The van der Waals surface area contributed by atoms with Crippen molar-refractivity contribution in [3.8, 4) is 44.5 Å². The van der Waals surface area contributed by atoms with Crippen LogP contribution in [-0.2, 0) is 5.41 Å². The van der Waals surface area contributed by atoms with E-state index in [1.165, 1.54) is 70.2 Å². The van der Waals surface area contributed by atoms with Crippen molar-refractivity contribution in [3.63, 3.8) is 0 Å². The Balaban J connectivity index is 1.06. The maximum atomic E-state index is 2.55. The van der Waals surface area contributed by atoms with Gasteiger partial charge in [0.1, 0.15) is 0 Å². The lowest BCUT2D eigenvalue weighted by molar-refractivity contribution is 0.327. The van der Waals surface area contributed by atoms with Gasteiger partial charge in [-0.1, -0.05) is 146 Å². The molecule has 1 nitrogen and oxygen atoms in total. The van der Waals surface area contributed by atoms with E-state index in [0.29, 0.717) is 0 Å². The molecular formula is C49H39N. The van der Waals surface area contributed by atoms with Crippen LogP contribution < -0.4 is 4.90 Å². The normalized spacial score (nSPS) is 19.8. The van der Waals surface area contributed by atoms with Crippen LogP contribution >= 0.6 is 0 Å². The summed E-state index contributed by atoms with van der Waals surface area (Å²) in [5, 5.41) is 0. The van der Waals surface area contributed by atoms with Gasteiger partial charge >= 0.3 is 0 Å². The summed E-state index contributed by atoms with van der Waals surface area (Å²) < 4.78 is 0. The summed E-state index contributed by atoms with van der Waals surface area (Å²) in [7, 11) is 0. The quantitative estimate of drug-likeness (QED) is 0.175. The Morgan fingerprint density at radius 1 is 0.420 bits per heavy atom. The molecule has 7 aromatic carbocycles. The molecule has 2 bridgehead atoms. The molecule has 3 unspecified atom stereocenters. The molecule has 3 aliphatic carbocycles. The first kappa shape index (κ1) is 29.3. The van der Waals surface area contributed by atoms with Crippen LogP contribution in [0.4, 0.5) is 17.1 Å². The molecule has 2 fully saturated rings. The van der Waals surface area contributed by atoms with E-state index < -0.39 is 0 Å². The van der Waals surface area contributed by atoms with E-state index in [4.69, 9.17) is 0 Å². The first-order valence-electron chi connectivity index (χ1n) is 18.2. The van der Waals surface area contributed by atoms with Gasteiger partial charge in [-0.05, 0) is 118 Å². The monoisotopic (exact) mass is 641 g/mol. The van der Waals surface area contributed by atoms with Crippen molar-refractivity contribution in [2.75, 3.05) is 4.90 Å². The van der Waals surface area contributed by atoms with Gasteiger partial charge in [0.2, 0.25) is 0 Å². The average Bonchev–Trinajstić information content (AvgIpc) is 3.89. The molecule has 0 saturated heterocycles. The number of anilines is 3. The molecule has 3 atom stereocenters. The second kappa shape index (κ2) is 11.7. The fourth-order valence-electron chi connectivity index (χ4n) is 9.76. The van der Waals surface area contributed by atoms with Gasteiger partial charge in [0, 0.05) is 22.4 Å². The zero-order valence-corrected chi connectivity index (χ0v) is 28.2. The number of rotatable bonds is 6. The fraction of sp³-hybridized carbons (Fsp3) is 0.143. The fourth-order valence-corrected chi connectivity index (χ4v) is 9.76. The molecule has 0 aliphatic heterocycles. The third-order valence-electron chi connectivity index (χ3n) is 12.0. The molecule has 0 N–H and O–H groups in total. The van der Waals surface area contributed by atoms with E-state index in [-0.39, 0.29) is 5.41 Å². The zero-order chi connectivity index (χ0) is 33.1. The number of hydrogen-bond acceptors (Lipinski definition) is 1. The van der Waals surface area contributed by atoms with Gasteiger partial charge in [0.05, 0.1) is 5.69 Å². The predicted molar refractivity (Wildman–Crippen MR) is 209 cm³/mol. The third kappa shape index (κ3) is 4.61. The number of fused-ring (bicyclic) bond motifs is 8. The molecule has 7 aromatic rings. The maximum Gasteiger partial charge on any atom is 0.0540 e. The minimum absolute atomic E-state index is 0.189. The Kier molecular flexibility index (Phi) is 6.88. The average molecular weight is 642 g/mol. The van der Waals surface area contributed by atoms with Crippen molar-refractivity contribution in [2.24, 2.45) is 11.8 Å². The lowest BCUT2D eigenvalue weighted by atomic mass is 9.66. The minimum atomic E-state index is 0.189. The van der Waals surface area contributed by atoms with E-state index in [0.717, 1.165) is 28.9 Å². The Morgan fingerprint density at radius 3 is 1.62 bits per heavy atom. The summed E-state index contributed by atoms with van der Waals surface area (Å²) in [5.41, 5.74) is 17.1. The molecule has 3 aliphatic rings. The number of benzene rings is 7. The van der Waals surface area contributed by atoms with E-state index >= 15 is 0 Å². The second-order valence-corrected chi connectivity index (χ2v) is 14.5. The van der Waals surface area contributed by atoms with Crippen molar-refractivity contribution < 1.29 is 0 Å². The van der Waals surface area contributed by atoms with E-state index in [1.54, 1.807) is 11.1 Å². The summed E-state index contributed by atoms with van der Waals surface area (Å²) in [4.78, 5) is 2.41. The molecule has 240 valence electrons. The molecule has 1 heteroatoms. The third-order valence-corrected chi connectivity index (χ3v) is 12.0. The van der Waals surface area contributed by atoms with Crippen LogP contribution in [0.15, 0.2) is 176 Å². The highest BCUT2D eigenvalue weighted by molar-refractivity contribution is 5.89. The second-order valence-electron chi connectivity index (χ2n) is 14.5. The highest BCUT2D eigenvalue weighted by atomic mass is 15.1. The highest BCUT2D eigenvalue weighted by Gasteiger charge is 2.56. The van der Waals surface area contributed by atoms with Crippen molar-refractivity contribution in [1.29, 1.82) is 0 Å². The molecule has 0 heterocycles. The van der Waals surface area contributed by atoms with Crippen LogP contribution in [-0.4, -0.2) is 0 Å². The molecule has 10 rings (SSSR count). The summed E-state index contributed by atoms with van der Waals surface area (Å²) in [6.45, 7) is 0. The first-order valence-corrected chi connectivity index (χ1v) is 18.2. The highest BCUT2D eigenvalue weighted by Crippen LogP contribution is 2.65. The van der Waals surface area contributed by atoms with Crippen molar-refractivity contribution in [1.82, 2.24) is 0 Å². The molecule has 1 spiro atoms. The minimum Gasteiger partial charge on any atom is -0.310 e. The molecule has 0 aromatic heterocycles. The van der Waals surface area contributed by atoms with E-state index in [9.17, 15) is 0 Å². The molecule has 0 amide bonds. The summed E-state index contributed by atoms with van der Waals surface area (Å²) in [6.07, 6.45) is 5.47. The first-order chi connectivity index (χ1) is 24.8. The maximum absolute atomic E-state index is 2.55.